The van der Waals surface area contributed by atoms with Crippen LogP contribution < -0.4 is 0 Å². The molecular weight excluding hydrogens is 452 g/mol. The molecule has 0 aromatic rings. The first kappa shape index (κ1) is 30.9. The second-order valence-electron chi connectivity index (χ2n) is 10.7. The number of hydrogen-bond acceptors (Lipinski definition) is 4. The van der Waals surface area contributed by atoms with Crippen LogP contribution in [0.1, 0.15) is 104 Å². The Hall–Kier alpha value is -2.12. The van der Waals surface area contributed by atoms with Crippen molar-refractivity contribution in [2.24, 2.45) is 41.4 Å². The summed E-state index contributed by atoms with van der Waals surface area (Å²) in [6, 6.07) is 0. The Kier molecular flexibility index (Phi) is 13.9. The smallest absolute Gasteiger partial charge is 0.318 e. The monoisotopic (exact) mass is 498 g/mol. The van der Waals surface area contributed by atoms with E-state index < -0.39 is 35.7 Å². The Morgan fingerprint density at radius 2 is 1.06 bits per heavy atom. The molecule has 1 fully saturated rings. The van der Waals surface area contributed by atoms with Gasteiger partial charge in [-0.2, -0.15) is 0 Å². The lowest BCUT2D eigenvalue weighted by molar-refractivity contribution is -0.159. The number of carbonyl (C=O) groups is 4. The molecule has 0 aromatic carbocycles. The van der Waals surface area contributed by atoms with E-state index in [4.69, 9.17) is 0 Å². The highest BCUT2D eigenvalue weighted by Gasteiger charge is 2.35. The van der Waals surface area contributed by atoms with Gasteiger partial charge in [-0.25, -0.2) is 0 Å². The highest BCUT2D eigenvalue weighted by molar-refractivity contribution is 5.93. The fourth-order valence-electron chi connectivity index (χ4n) is 6.15. The van der Waals surface area contributed by atoms with Gasteiger partial charge in [0.05, 0.1) is 0 Å². The Morgan fingerprint density at radius 3 is 1.43 bits per heavy atom. The maximum absolute atomic E-state index is 11.4. The van der Waals surface area contributed by atoms with E-state index in [1.807, 2.05) is 13.8 Å². The molecule has 0 aromatic heterocycles. The first-order chi connectivity index (χ1) is 16.5. The predicted molar refractivity (Wildman–Crippen MR) is 132 cm³/mol. The number of rotatable bonds is 18. The van der Waals surface area contributed by atoms with Crippen molar-refractivity contribution in [3.05, 3.63) is 0 Å². The van der Waals surface area contributed by atoms with Crippen molar-refractivity contribution in [1.82, 2.24) is 0 Å². The molecule has 1 aliphatic rings. The van der Waals surface area contributed by atoms with E-state index >= 15 is 0 Å². The average Bonchev–Trinajstić information content (AvgIpc) is 2.77. The summed E-state index contributed by atoms with van der Waals surface area (Å²) in [6.07, 6.45) is 11.6. The van der Waals surface area contributed by atoms with Crippen molar-refractivity contribution in [2.45, 2.75) is 104 Å². The van der Waals surface area contributed by atoms with Crippen LogP contribution in [0, 0.1) is 41.4 Å². The third-order valence-corrected chi connectivity index (χ3v) is 8.26. The molecule has 202 valence electrons. The lowest BCUT2D eigenvalue weighted by atomic mass is 9.70. The summed E-state index contributed by atoms with van der Waals surface area (Å²) in [4.78, 5) is 45.4. The fraction of sp³-hybridized carbons (Fsp3) is 0.852. The summed E-state index contributed by atoms with van der Waals surface area (Å²) in [5.74, 6) is -6.51. The number of hydrogen-bond donors (Lipinski definition) is 4. The highest BCUT2D eigenvalue weighted by Crippen LogP contribution is 2.40. The van der Waals surface area contributed by atoms with Crippen molar-refractivity contribution in [1.29, 1.82) is 0 Å². The quantitative estimate of drug-likeness (QED) is 0.137. The third kappa shape index (κ3) is 10.2. The molecule has 1 saturated carbocycles. The summed E-state index contributed by atoms with van der Waals surface area (Å²) >= 11 is 0. The van der Waals surface area contributed by atoms with Gasteiger partial charge in [-0.15, -0.1) is 0 Å². The number of carboxylic acids is 4. The van der Waals surface area contributed by atoms with E-state index in [0.29, 0.717) is 43.4 Å². The predicted octanol–water partition coefficient (Wildman–Crippen LogP) is 5.78. The van der Waals surface area contributed by atoms with Crippen molar-refractivity contribution in [2.75, 3.05) is 0 Å². The zero-order valence-electron chi connectivity index (χ0n) is 21.7. The number of carboxylic acid groups (broad SMARTS) is 4. The van der Waals surface area contributed by atoms with Crippen LogP contribution in [0.5, 0.6) is 0 Å². The molecule has 0 radical (unpaired) electrons. The summed E-state index contributed by atoms with van der Waals surface area (Å²) < 4.78 is 0. The van der Waals surface area contributed by atoms with Crippen molar-refractivity contribution in [3.63, 3.8) is 0 Å². The van der Waals surface area contributed by atoms with Crippen LogP contribution >= 0.6 is 0 Å². The Morgan fingerprint density at radius 1 is 0.657 bits per heavy atom. The minimum atomic E-state index is -1.34. The van der Waals surface area contributed by atoms with Crippen LogP contribution in [-0.2, 0) is 19.2 Å². The molecule has 1 aliphatic carbocycles. The van der Waals surface area contributed by atoms with Crippen molar-refractivity contribution in [3.8, 4) is 0 Å². The van der Waals surface area contributed by atoms with Gasteiger partial charge in [0.15, 0.2) is 11.8 Å². The van der Waals surface area contributed by atoms with Gasteiger partial charge in [0, 0.05) is 0 Å². The van der Waals surface area contributed by atoms with Crippen LogP contribution in [0.2, 0.25) is 0 Å². The van der Waals surface area contributed by atoms with E-state index in [1.54, 1.807) is 0 Å². The summed E-state index contributed by atoms with van der Waals surface area (Å²) in [6.45, 7) is 5.98. The first-order valence-electron chi connectivity index (χ1n) is 13.4. The van der Waals surface area contributed by atoms with E-state index in [9.17, 15) is 39.6 Å². The van der Waals surface area contributed by atoms with Gasteiger partial charge in [-0.3, -0.25) is 19.2 Å². The standard InChI is InChI=1S/C27H46O8/c1-4-18(22(24(28)29)25(30)31)10-6-8-12-20-15-14-17(3)16-21(20)13-9-7-11-19(5-2)23(26(32)33)27(34)35/h17-23H,4-16H2,1-3H3,(H,28,29)(H,30,31)(H,32,33)(H,34,35). The lowest BCUT2D eigenvalue weighted by Gasteiger charge is -2.35. The van der Waals surface area contributed by atoms with E-state index in [1.165, 1.54) is 19.3 Å². The second kappa shape index (κ2) is 15.8. The molecule has 0 amide bonds. The van der Waals surface area contributed by atoms with Crippen molar-refractivity contribution < 1.29 is 39.6 Å². The molecule has 35 heavy (non-hydrogen) atoms. The molecule has 0 heterocycles. The Bertz CT molecular complexity index is 663. The molecule has 4 N–H and O–H groups in total. The Balaban J connectivity index is 2.54. The molecule has 1 rings (SSSR count). The fourth-order valence-corrected chi connectivity index (χ4v) is 6.15. The second-order valence-corrected chi connectivity index (χ2v) is 10.7. The van der Waals surface area contributed by atoms with Crippen LogP contribution in [-0.4, -0.2) is 44.3 Å². The summed E-state index contributed by atoms with van der Waals surface area (Å²) in [5, 5.41) is 37.1. The minimum absolute atomic E-state index is 0.348. The minimum Gasteiger partial charge on any atom is -0.481 e. The molecular formula is C27H46O8. The molecule has 5 unspecified atom stereocenters. The molecule has 0 bridgehead atoms. The van der Waals surface area contributed by atoms with Gasteiger partial charge in [0.25, 0.3) is 0 Å². The largest absolute Gasteiger partial charge is 0.481 e. The van der Waals surface area contributed by atoms with Crippen LogP contribution in [0.3, 0.4) is 0 Å². The van der Waals surface area contributed by atoms with Gasteiger partial charge in [0.2, 0.25) is 0 Å². The topological polar surface area (TPSA) is 149 Å². The van der Waals surface area contributed by atoms with E-state index in [-0.39, 0.29) is 11.8 Å². The highest BCUT2D eigenvalue weighted by atomic mass is 16.4. The van der Waals surface area contributed by atoms with Gasteiger partial charge in [-0.1, -0.05) is 78.6 Å². The van der Waals surface area contributed by atoms with E-state index in [0.717, 1.165) is 38.5 Å². The normalized spacial score (nSPS) is 22.1. The SMILES string of the molecule is CCC(CCCCC1CCC(C)CC1CCCCC(CC)C(C(=O)O)C(=O)O)C(C(=O)O)C(=O)O. The molecule has 0 aliphatic heterocycles. The summed E-state index contributed by atoms with van der Waals surface area (Å²) in [5.41, 5.74) is 0. The van der Waals surface area contributed by atoms with E-state index in [2.05, 4.69) is 6.92 Å². The number of unbranched alkanes of at least 4 members (excludes halogenated alkanes) is 2. The third-order valence-electron chi connectivity index (χ3n) is 8.26. The summed E-state index contributed by atoms with van der Waals surface area (Å²) in [7, 11) is 0. The average molecular weight is 499 g/mol. The molecule has 8 nitrogen and oxygen atoms in total. The van der Waals surface area contributed by atoms with Gasteiger partial charge in [-0.05, 0) is 55.3 Å². The number of aliphatic carboxylic acids is 4. The maximum atomic E-state index is 11.4. The lowest BCUT2D eigenvalue weighted by Crippen LogP contribution is -2.31. The van der Waals surface area contributed by atoms with Crippen LogP contribution in [0.4, 0.5) is 0 Å². The molecule has 0 saturated heterocycles. The molecule has 5 atom stereocenters. The van der Waals surface area contributed by atoms with Crippen LogP contribution in [0.15, 0.2) is 0 Å². The molecule has 8 heteroatoms. The molecule has 0 spiro atoms. The van der Waals surface area contributed by atoms with Gasteiger partial charge >= 0.3 is 23.9 Å². The van der Waals surface area contributed by atoms with Crippen molar-refractivity contribution >= 4 is 23.9 Å². The van der Waals surface area contributed by atoms with Gasteiger partial charge in [0.1, 0.15) is 0 Å². The zero-order chi connectivity index (χ0) is 26.5. The van der Waals surface area contributed by atoms with Crippen LogP contribution in [0.25, 0.3) is 0 Å². The van der Waals surface area contributed by atoms with Gasteiger partial charge < -0.3 is 20.4 Å². The first-order valence-corrected chi connectivity index (χ1v) is 13.4. The Labute approximate surface area is 209 Å². The zero-order valence-corrected chi connectivity index (χ0v) is 21.7. The maximum Gasteiger partial charge on any atom is 0.318 e.